The molecular formula is C14H16N2O4. The summed E-state index contributed by atoms with van der Waals surface area (Å²) in [5.41, 5.74) is 0.995. The van der Waals surface area contributed by atoms with Crippen molar-refractivity contribution in [2.75, 3.05) is 20.2 Å². The summed E-state index contributed by atoms with van der Waals surface area (Å²) in [6.45, 7) is 1.25. The van der Waals surface area contributed by atoms with E-state index in [-0.39, 0.29) is 12.0 Å². The molecule has 1 saturated heterocycles. The Hall–Kier alpha value is -2.21. The van der Waals surface area contributed by atoms with Gasteiger partial charge >= 0.3 is 5.97 Å². The zero-order valence-corrected chi connectivity index (χ0v) is 11.2. The maximum absolute atomic E-state index is 12.2. The molecule has 0 saturated carbocycles. The SMILES string of the molecule is COC1CCN(C(=O)c2ccc(/C=C/C(=O)O)cn2)C1. The monoisotopic (exact) mass is 276 g/mol. The number of hydrogen-bond acceptors (Lipinski definition) is 4. The number of amides is 1. The van der Waals surface area contributed by atoms with Crippen LogP contribution in [0, 0.1) is 0 Å². The van der Waals surface area contributed by atoms with Crippen LogP contribution in [0.1, 0.15) is 22.5 Å². The van der Waals surface area contributed by atoms with Gasteiger partial charge in [-0.1, -0.05) is 6.07 Å². The van der Waals surface area contributed by atoms with E-state index in [0.29, 0.717) is 24.3 Å². The van der Waals surface area contributed by atoms with Gasteiger partial charge in [0, 0.05) is 32.5 Å². The van der Waals surface area contributed by atoms with E-state index < -0.39 is 5.97 Å². The molecule has 6 heteroatoms. The van der Waals surface area contributed by atoms with Crippen LogP contribution < -0.4 is 0 Å². The van der Waals surface area contributed by atoms with Crippen molar-refractivity contribution in [1.29, 1.82) is 0 Å². The number of ether oxygens (including phenoxy) is 1. The molecule has 1 aromatic heterocycles. The van der Waals surface area contributed by atoms with Crippen molar-refractivity contribution in [3.05, 3.63) is 35.7 Å². The van der Waals surface area contributed by atoms with Crippen molar-refractivity contribution < 1.29 is 19.4 Å². The van der Waals surface area contributed by atoms with Crippen LogP contribution in [0.2, 0.25) is 0 Å². The van der Waals surface area contributed by atoms with Crippen molar-refractivity contribution in [1.82, 2.24) is 9.88 Å². The average molecular weight is 276 g/mol. The third kappa shape index (κ3) is 3.42. The van der Waals surface area contributed by atoms with Gasteiger partial charge in [-0.2, -0.15) is 0 Å². The first kappa shape index (κ1) is 14.2. The molecule has 0 spiro atoms. The van der Waals surface area contributed by atoms with Crippen LogP contribution in [0.15, 0.2) is 24.4 Å². The lowest BCUT2D eigenvalue weighted by Crippen LogP contribution is -2.30. The fourth-order valence-corrected chi connectivity index (χ4v) is 2.06. The maximum atomic E-state index is 12.2. The number of rotatable bonds is 4. The minimum atomic E-state index is -1.02. The van der Waals surface area contributed by atoms with E-state index in [2.05, 4.69) is 4.98 Å². The normalized spacial score (nSPS) is 18.6. The Morgan fingerprint density at radius 3 is 2.85 bits per heavy atom. The number of likely N-dealkylation sites (tertiary alicyclic amines) is 1. The predicted molar refractivity (Wildman–Crippen MR) is 72.2 cm³/mol. The Morgan fingerprint density at radius 1 is 1.50 bits per heavy atom. The second kappa shape index (κ2) is 6.29. The van der Waals surface area contributed by atoms with Gasteiger partial charge in [-0.3, -0.25) is 9.78 Å². The number of hydrogen-bond donors (Lipinski definition) is 1. The summed E-state index contributed by atoms with van der Waals surface area (Å²) in [5.74, 6) is -1.15. The van der Waals surface area contributed by atoms with Crippen LogP contribution in [0.5, 0.6) is 0 Å². The summed E-state index contributed by atoms with van der Waals surface area (Å²) in [7, 11) is 1.64. The number of nitrogens with zero attached hydrogens (tertiary/aromatic N) is 2. The molecule has 2 rings (SSSR count). The quantitative estimate of drug-likeness (QED) is 0.831. The molecule has 1 aliphatic heterocycles. The fourth-order valence-electron chi connectivity index (χ4n) is 2.06. The van der Waals surface area contributed by atoms with Crippen molar-refractivity contribution in [3.8, 4) is 0 Å². The largest absolute Gasteiger partial charge is 0.478 e. The second-order valence-corrected chi connectivity index (χ2v) is 4.55. The number of aromatic nitrogens is 1. The minimum Gasteiger partial charge on any atom is -0.478 e. The highest BCUT2D eigenvalue weighted by atomic mass is 16.5. The number of pyridine rings is 1. The molecule has 0 aromatic carbocycles. The van der Waals surface area contributed by atoms with Crippen LogP contribution >= 0.6 is 0 Å². The number of aliphatic carboxylic acids is 1. The van der Waals surface area contributed by atoms with E-state index in [1.807, 2.05) is 0 Å². The highest BCUT2D eigenvalue weighted by Crippen LogP contribution is 2.15. The molecule has 1 amide bonds. The molecular weight excluding hydrogens is 260 g/mol. The van der Waals surface area contributed by atoms with Gasteiger partial charge in [-0.25, -0.2) is 4.79 Å². The molecule has 1 aliphatic rings. The van der Waals surface area contributed by atoms with Crippen molar-refractivity contribution >= 4 is 18.0 Å². The van der Waals surface area contributed by atoms with E-state index in [1.165, 1.54) is 12.3 Å². The third-order valence-corrected chi connectivity index (χ3v) is 3.19. The van der Waals surface area contributed by atoms with Gasteiger partial charge in [0.15, 0.2) is 0 Å². The first-order valence-electron chi connectivity index (χ1n) is 6.29. The summed E-state index contributed by atoms with van der Waals surface area (Å²) in [6, 6.07) is 3.27. The van der Waals surface area contributed by atoms with Gasteiger partial charge in [-0.05, 0) is 24.1 Å². The Kier molecular flexibility index (Phi) is 4.47. The zero-order valence-electron chi connectivity index (χ0n) is 11.2. The third-order valence-electron chi connectivity index (χ3n) is 3.19. The number of carbonyl (C=O) groups excluding carboxylic acids is 1. The van der Waals surface area contributed by atoms with Gasteiger partial charge in [0.05, 0.1) is 6.10 Å². The van der Waals surface area contributed by atoms with Crippen LogP contribution in [-0.4, -0.2) is 53.2 Å². The number of methoxy groups -OCH3 is 1. The smallest absolute Gasteiger partial charge is 0.328 e. The van der Waals surface area contributed by atoms with Crippen molar-refractivity contribution in [2.45, 2.75) is 12.5 Å². The molecule has 1 N–H and O–H groups in total. The predicted octanol–water partition coefficient (Wildman–Crippen LogP) is 1.04. The lowest BCUT2D eigenvalue weighted by atomic mass is 10.2. The van der Waals surface area contributed by atoms with Gasteiger partial charge < -0.3 is 14.7 Å². The highest BCUT2D eigenvalue weighted by Gasteiger charge is 2.27. The van der Waals surface area contributed by atoms with E-state index in [1.54, 1.807) is 24.1 Å². The van der Waals surface area contributed by atoms with Gasteiger partial charge in [0.1, 0.15) is 5.69 Å². The van der Waals surface area contributed by atoms with Gasteiger partial charge in [0.2, 0.25) is 0 Å². The summed E-state index contributed by atoms with van der Waals surface area (Å²) in [5, 5.41) is 8.53. The number of carbonyl (C=O) groups is 2. The summed E-state index contributed by atoms with van der Waals surface area (Å²) in [6.07, 6.45) is 4.87. The number of carboxylic acids is 1. The van der Waals surface area contributed by atoms with Crippen LogP contribution in [-0.2, 0) is 9.53 Å². The fraction of sp³-hybridized carbons (Fsp3) is 0.357. The molecule has 1 unspecified atom stereocenters. The summed E-state index contributed by atoms with van der Waals surface area (Å²) in [4.78, 5) is 28.4. The maximum Gasteiger partial charge on any atom is 0.328 e. The Balaban J connectivity index is 2.03. The topological polar surface area (TPSA) is 79.7 Å². The zero-order chi connectivity index (χ0) is 14.5. The molecule has 106 valence electrons. The van der Waals surface area contributed by atoms with Crippen LogP contribution in [0.4, 0.5) is 0 Å². The molecule has 1 aromatic rings. The molecule has 0 bridgehead atoms. The Labute approximate surface area is 116 Å². The summed E-state index contributed by atoms with van der Waals surface area (Å²) < 4.78 is 5.22. The van der Waals surface area contributed by atoms with Gasteiger partial charge in [-0.15, -0.1) is 0 Å². The Bertz CT molecular complexity index is 524. The Morgan fingerprint density at radius 2 is 2.30 bits per heavy atom. The molecule has 2 heterocycles. The van der Waals surface area contributed by atoms with E-state index in [4.69, 9.17) is 9.84 Å². The highest BCUT2D eigenvalue weighted by molar-refractivity contribution is 5.92. The lowest BCUT2D eigenvalue weighted by Gasteiger charge is -2.15. The molecule has 1 atom stereocenters. The van der Waals surface area contributed by atoms with Gasteiger partial charge in [0.25, 0.3) is 5.91 Å². The second-order valence-electron chi connectivity index (χ2n) is 4.55. The van der Waals surface area contributed by atoms with Crippen molar-refractivity contribution in [2.24, 2.45) is 0 Å². The standard InChI is InChI=1S/C14H16N2O4/c1-20-11-6-7-16(9-11)14(19)12-4-2-10(8-15-12)3-5-13(17)18/h2-5,8,11H,6-7,9H2,1H3,(H,17,18)/b5-3+. The molecule has 0 radical (unpaired) electrons. The minimum absolute atomic E-state index is 0.0942. The first-order valence-corrected chi connectivity index (χ1v) is 6.29. The summed E-state index contributed by atoms with van der Waals surface area (Å²) >= 11 is 0. The van der Waals surface area contributed by atoms with E-state index in [0.717, 1.165) is 12.5 Å². The van der Waals surface area contributed by atoms with Crippen molar-refractivity contribution in [3.63, 3.8) is 0 Å². The van der Waals surface area contributed by atoms with E-state index in [9.17, 15) is 9.59 Å². The lowest BCUT2D eigenvalue weighted by molar-refractivity contribution is -0.131. The van der Waals surface area contributed by atoms with E-state index >= 15 is 0 Å². The molecule has 6 nitrogen and oxygen atoms in total. The molecule has 0 aliphatic carbocycles. The average Bonchev–Trinajstić information content (AvgIpc) is 2.94. The first-order chi connectivity index (χ1) is 9.60. The van der Waals surface area contributed by atoms with Crippen LogP contribution in [0.3, 0.4) is 0 Å². The number of carboxylic acid groups (broad SMARTS) is 1. The molecule has 20 heavy (non-hydrogen) atoms. The molecule has 1 fully saturated rings. The van der Waals surface area contributed by atoms with Crippen LogP contribution in [0.25, 0.3) is 6.08 Å².